The van der Waals surface area contributed by atoms with Gasteiger partial charge in [-0.3, -0.25) is 0 Å². The van der Waals surface area contributed by atoms with E-state index in [2.05, 4.69) is 18.3 Å². The van der Waals surface area contributed by atoms with Crippen molar-refractivity contribution in [3.8, 4) is 0 Å². The van der Waals surface area contributed by atoms with Gasteiger partial charge >= 0.3 is 0 Å². The van der Waals surface area contributed by atoms with Crippen LogP contribution in [0.25, 0.3) is 0 Å². The van der Waals surface area contributed by atoms with Crippen LogP contribution in [-0.2, 0) is 6.42 Å². The summed E-state index contributed by atoms with van der Waals surface area (Å²) in [6, 6.07) is 11.8. The van der Waals surface area contributed by atoms with Gasteiger partial charge in [-0.15, -0.1) is 0 Å². The molecule has 1 unspecified atom stereocenters. The van der Waals surface area contributed by atoms with Gasteiger partial charge in [0.25, 0.3) is 0 Å². The predicted octanol–water partition coefficient (Wildman–Crippen LogP) is 4.56. The summed E-state index contributed by atoms with van der Waals surface area (Å²) in [5.41, 5.74) is 3.00. The van der Waals surface area contributed by atoms with Crippen molar-refractivity contribution < 1.29 is 8.78 Å². The second kappa shape index (κ2) is 7.32. The average Bonchev–Trinajstić information content (AvgIpc) is 2.42. The van der Waals surface area contributed by atoms with Crippen molar-refractivity contribution in [1.29, 1.82) is 0 Å². The van der Waals surface area contributed by atoms with Crippen molar-refractivity contribution in [2.24, 2.45) is 0 Å². The molecule has 1 nitrogen and oxygen atoms in total. The zero-order chi connectivity index (χ0) is 15.2. The molecule has 0 spiro atoms. The third-order valence-electron chi connectivity index (χ3n) is 3.45. The van der Waals surface area contributed by atoms with E-state index >= 15 is 0 Å². The molecule has 0 saturated heterocycles. The lowest BCUT2D eigenvalue weighted by molar-refractivity contribution is 0.515. The Morgan fingerprint density at radius 2 is 1.76 bits per heavy atom. The number of nitrogens with one attached hydrogen (secondary N) is 1. The largest absolute Gasteiger partial charge is 0.310 e. The lowest BCUT2D eigenvalue weighted by Gasteiger charge is -2.19. The zero-order valence-electron chi connectivity index (χ0n) is 12.5. The van der Waals surface area contributed by atoms with E-state index in [4.69, 9.17) is 0 Å². The van der Waals surface area contributed by atoms with Gasteiger partial charge in [0.05, 0.1) is 0 Å². The highest BCUT2D eigenvalue weighted by Gasteiger charge is 2.14. The fourth-order valence-corrected chi connectivity index (χ4v) is 2.48. The SMILES string of the molecule is CCCNC(Cc1cccc(C)c1)c1cc(F)cc(F)c1. The molecule has 2 rings (SSSR count). The van der Waals surface area contributed by atoms with Crippen LogP contribution in [0.1, 0.15) is 36.1 Å². The van der Waals surface area contributed by atoms with Crippen LogP contribution in [0.2, 0.25) is 0 Å². The maximum Gasteiger partial charge on any atom is 0.126 e. The van der Waals surface area contributed by atoms with E-state index in [-0.39, 0.29) is 6.04 Å². The van der Waals surface area contributed by atoms with Gasteiger partial charge in [-0.2, -0.15) is 0 Å². The Bertz CT molecular complexity index is 575. The van der Waals surface area contributed by atoms with Crippen LogP contribution in [0, 0.1) is 18.6 Å². The minimum atomic E-state index is -0.530. The van der Waals surface area contributed by atoms with Gasteiger partial charge in [0.2, 0.25) is 0 Å². The molecular weight excluding hydrogens is 268 g/mol. The Morgan fingerprint density at radius 3 is 2.38 bits per heavy atom. The van der Waals surface area contributed by atoms with E-state index in [9.17, 15) is 8.78 Å². The summed E-state index contributed by atoms with van der Waals surface area (Å²) in [4.78, 5) is 0. The van der Waals surface area contributed by atoms with E-state index in [1.165, 1.54) is 17.7 Å². The zero-order valence-corrected chi connectivity index (χ0v) is 12.5. The van der Waals surface area contributed by atoms with Crippen LogP contribution < -0.4 is 5.32 Å². The minimum absolute atomic E-state index is 0.0862. The molecule has 0 heterocycles. The first-order valence-corrected chi connectivity index (χ1v) is 7.33. The highest BCUT2D eigenvalue weighted by molar-refractivity contribution is 5.27. The van der Waals surface area contributed by atoms with Crippen LogP contribution in [-0.4, -0.2) is 6.54 Å². The topological polar surface area (TPSA) is 12.0 Å². The van der Waals surface area contributed by atoms with Crippen LogP contribution in [0.4, 0.5) is 8.78 Å². The molecule has 0 bridgehead atoms. The molecule has 0 aliphatic carbocycles. The molecule has 1 atom stereocenters. The lowest BCUT2D eigenvalue weighted by Crippen LogP contribution is -2.24. The van der Waals surface area contributed by atoms with Crippen molar-refractivity contribution >= 4 is 0 Å². The molecule has 0 saturated carbocycles. The van der Waals surface area contributed by atoms with Crippen molar-refractivity contribution in [3.63, 3.8) is 0 Å². The van der Waals surface area contributed by atoms with Gasteiger partial charge in [0.1, 0.15) is 11.6 Å². The molecule has 2 aromatic carbocycles. The Hall–Kier alpha value is -1.74. The molecule has 112 valence electrons. The van der Waals surface area contributed by atoms with Gasteiger partial charge in [0.15, 0.2) is 0 Å². The molecule has 0 aliphatic rings. The average molecular weight is 289 g/mol. The van der Waals surface area contributed by atoms with Crippen molar-refractivity contribution in [1.82, 2.24) is 5.32 Å². The summed E-state index contributed by atoms with van der Waals surface area (Å²) < 4.78 is 26.9. The molecule has 0 aromatic heterocycles. The van der Waals surface area contributed by atoms with Crippen molar-refractivity contribution in [3.05, 3.63) is 70.8 Å². The minimum Gasteiger partial charge on any atom is -0.310 e. The molecule has 2 aromatic rings. The molecule has 21 heavy (non-hydrogen) atoms. The third-order valence-corrected chi connectivity index (χ3v) is 3.45. The molecule has 0 aliphatic heterocycles. The summed E-state index contributed by atoms with van der Waals surface area (Å²) in [6.07, 6.45) is 1.69. The smallest absolute Gasteiger partial charge is 0.126 e. The van der Waals surface area contributed by atoms with Crippen molar-refractivity contribution in [2.75, 3.05) is 6.54 Å². The van der Waals surface area contributed by atoms with Crippen LogP contribution in [0.3, 0.4) is 0 Å². The Balaban J connectivity index is 2.25. The standard InChI is InChI=1S/C18H21F2N/c1-3-7-21-18(9-14-6-4-5-13(2)8-14)15-10-16(19)12-17(20)11-15/h4-6,8,10-12,18,21H,3,7,9H2,1-2H3. The first kappa shape index (κ1) is 15.6. The fourth-order valence-electron chi connectivity index (χ4n) is 2.48. The summed E-state index contributed by atoms with van der Waals surface area (Å²) in [7, 11) is 0. The number of aryl methyl sites for hydroxylation is 1. The third kappa shape index (κ3) is 4.64. The van der Waals surface area contributed by atoms with Gasteiger partial charge in [-0.1, -0.05) is 36.8 Å². The quantitative estimate of drug-likeness (QED) is 0.822. The molecule has 3 heteroatoms. The molecule has 0 radical (unpaired) electrons. The molecular formula is C18H21F2N. The number of halogens is 2. The fraction of sp³-hybridized carbons (Fsp3) is 0.333. The van der Waals surface area contributed by atoms with Gasteiger partial charge in [-0.25, -0.2) is 8.78 Å². The van der Waals surface area contributed by atoms with E-state index in [1.807, 2.05) is 25.1 Å². The van der Waals surface area contributed by atoms with Crippen LogP contribution >= 0.6 is 0 Å². The molecule has 0 amide bonds. The first-order valence-electron chi connectivity index (χ1n) is 7.33. The summed E-state index contributed by atoms with van der Waals surface area (Å²) in [6.45, 7) is 4.93. The molecule has 0 fully saturated rings. The van der Waals surface area contributed by atoms with Crippen LogP contribution in [0.15, 0.2) is 42.5 Å². The maximum absolute atomic E-state index is 13.4. The second-order valence-electron chi connectivity index (χ2n) is 5.40. The van der Waals surface area contributed by atoms with Gasteiger partial charge < -0.3 is 5.32 Å². The maximum atomic E-state index is 13.4. The summed E-state index contributed by atoms with van der Waals surface area (Å²) >= 11 is 0. The summed E-state index contributed by atoms with van der Waals surface area (Å²) in [5.74, 6) is -1.06. The Kier molecular flexibility index (Phi) is 5.45. The molecule has 1 N–H and O–H groups in total. The number of rotatable bonds is 6. The Morgan fingerprint density at radius 1 is 1.05 bits per heavy atom. The second-order valence-corrected chi connectivity index (χ2v) is 5.40. The monoisotopic (exact) mass is 289 g/mol. The van der Waals surface area contributed by atoms with Crippen LogP contribution in [0.5, 0.6) is 0 Å². The highest BCUT2D eigenvalue weighted by atomic mass is 19.1. The van der Waals surface area contributed by atoms with E-state index in [0.29, 0.717) is 12.0 Å². The highest BCUT2D eigenvalue weighted by Crippen LogP contribution is 2.21. The summed E-state index contributed by atoms with van der Waals surface area (Å²) in [5, 5.41) is 3.37. The van der Waals surface area contributed by atoms with Crippen molar-refractivity contribution in [2.45, 2.75) is 32.7 Å². The number of hydrogen-bond donors (Lipinski definition) is 1. The van der Waals surface area contributed by atoms with Gasteiger partial charge in [0, 0.05) is 12.1 Å². The predicted molar refractivity (Wildman–Crippen MR) is 82.3 cm³/mol. The van der Waals surface area contributed by atoms with E-state index in [0.717, 1.165) is 24.6 Å². The number of benzene rings is 2. The normalized spacial score (nSPS) is 12.4. The number of hydrogen-bond acceptors (Lipinski definition) is 1. The lowest BCUT2D eigenvalue weighted by atomic mass is 9.97. The Labute approximate surface area is 125 Å². The van der Waals surface area contributed by atoms with Gasteiger partial charge in [-0.05, 0) is 49.6 Å². The first-order chi connectivity index (χ1) is 10.1. The van der Waals surface area contributed by atoms with E-state index in [1.54, 1.807) is 0 Å². The van der Waals surface area contributed by atoms with E-state index < -0.39 is 11.6 Å².